The fraction of sp³-hybridized carbons (Fsp3) is 0.400. The topological polar surface area (TPSA) is 153 Å². The van der Waals surface area contributed by atoms with Crippen molar-refractivity contribution in [3.8, 4) is 22.6 Å². The second-order valence-corrected chi connectivity index (χ2v) is 12.0. The molecule has 0 amide bonds. The molecule has 2 fully saturated rings. The van der Waals surface area contributed by atoms with Crippen LogP contribution in [-0.4, -0.2) is 64.8 Å². The summed E-state index contributed by atoms with van der Waals surface area (Å²) in [6.45, 7) is -2.76. The number of rotatable bonds is 9. The van der Waals surface area contributed by atoms with E-state index in [2.05, 4.69) is 35.8 Å². The van der Waals surface area contributed by atoms with Crippen LogP contribution in [0.15, 0.2) is 49.2 Å². The van der Waals surface area contributed by atoms with Crippen molar-refractivity contribution in [2.24, 2.45) is 0 Å². The van der Waals surface area contributed by atoms with Crippen LogP contribution in [0.5, 0.6) is 0 Å². The van der Waals surface area contributed by atoms with Crippen LogP contribution in [0, 0.1) is 0 Å². The van der Waals surface area contributed by atoms with Gasteiger partial charge in [-0.1, -0.05) is 0 Å². The zero-order valence-electron chi connectivity index (χ0n) is 21.2. The third kappa shape index (κ3) is 5.51. The summed E-state index contributed by atoms with van der Waals surface area (Å²) in [6.07, 6.45) is 11.0. The first-order valence-electron chi connectivity index (χ1n) is 12.9. The molecule has 2 saturated carbocycles. The number of hydrogen-bond donors (Lipinski definition) is 3. The van der Waals surface area contributed by atoms with Gasteiger partial charge in [0.05, 0.1) is 35.0 Å². The Balaban J connectivity index is 1.27. The first-order valence-corrected chi connectivity index (χ1v) is 14.4. The van der Waals surface area contributed by atoms with Crippen LogP contribution in [0.4, 0.5) is 26.1 Å². The maximum Gasteiger partial charge on any atom is 0.333 e. The van der Waals surface area contributed by atoms with Gasteiger partial charge in [0.2, 0.25) is 0 Å². The van der Waals surface area contributed by atoms with E-state index in [1.54, 1.807) is 12.1 Å². The molecule has 12 nitrogen and oxygen atoms in total. The molecule has 0 spiro atoms. The molecule has 0 bridgehead atoms. The van der Waals surface area contributed by atoms with E-state index in [9.17, 15) is 22.3 Å². The normalized spacial score (nSPS) is 19.6. The summed E-state index contributed by atoms with van der Waals surface area (Å²) in [6, 6.07) is 4.86. The van der Waals surface area contributed by atoms with Gasteiger partial charge in [0.25, 0.3) is 10.0 Å². The number of nitrogens with zero attached hydrogens (tertiary/aromatic N) is 7. The van der Waals surface area contributed by atoms with Crippen molar-refractivity contribution in [1.82, 2.24) is 33.9 Å². The predicted molar refractivity (Wildman–Crippen MR) is 142 cm³/mol. The minimum absolute atomic E-state index is 0.0101. The van der Waals surface area contributed by atoms with Crippen molar-refractivity contribution in [3.63, 3.8) is 0 Å². The Hall–Kier alpha value is -3.98. The van der Waals surface area contributed by atoms with E-state index >= 15 is 0 Å². The number of alkyl halides is 2. The summed E-state index contributed by atoms with van der Waals surface area (Å²) in [7, 11) is -3.51. The molecular formula is C25H27F2N9O3S. The lowest BCUT2D eigenvalue weighted by Gasteiger charge is -2.28. The van der Waals surface area contributed by atoms with Gasteiger partial charge in [-0.3, -0.25) is 0 Å². The quantitative estimate of drug-likeness (QED) is 0.270. The first-order chi connectivity index (χ1) is 19.3. The molecule has 2 atom stereocenters. The molecule has 40 heavy (non-hydrogen) atoms. The SMILES string of the molecule is O=S(=O)(C1CC1)n1cc(-c2nccc(Nc3cc(N[C@H]4CCC[C@H](O)C4)c(-c4ccn(C(F)F)n4)cn3)n2)cn1. The van der Waals surface area contributed by atoms with Gasteiger partial charge in [-0.25, -0.2) is 28.1 Å². The molecule has 0 saturated heterocycles. The number of aliphatic hydroxyl groups excluding tert-OH is 1. The molecule has 6 rings (SSSR count). The molecule has 3 N–H and O–H groups in total. The molecule has 4 aromatic rings. The molecule has 2 aliphatic rings. The molecule has 210 valence electrons. The highest BCUT2D eigenvalue weighted by Crippen LogP contribution is 2.33. The summed E-state index contributed by atoms with van der Waals surface area (Å²) in [4.78, 5) is 13.2. The smallest absolute Gasteiger partial charge is 0.333 e. The standard InChI is InChI=1S/C25H27F2N9O3S/c26-25(27)35-9-7-20(34-35)19-13-29-23(11-21(19)31-16-2-1-3-17(37)10-16)32-22-6-8-28-24(33-22)15-12-30-36(14-15)40(38,39)18-4-5-18/h6-9,11-14,16-18,25,37H,1-5,10H2,(H2,28,29,31,32,33)/t16-,17-/m0/s1. The molecule has 0 aromatic carbocycles. The number of nitrogens with one attached hydrogen (secondary N) is 2. The largest absolute Gasteiger partial charge is 0.393 e. The predicted octanol–water partition coefficient (Wildman–Crippen LogP) is 3.79. The fourth-order valence-corrected chi connectivity index (χ4v) is 6.21. The summed E-state index contributed by atoms with van der Waals surface area (Å²) < 4.78 is 52.8. The third-order valence-electron chi connectivity index (χ3n) is 6.93. The monoisotopic (exact) mass is 571 g/mol. The van der Waals surface area contributed by atoms with Crippen LogP contribution in [0.2, 0.25) is 0 Å². The Morgan fingerprint density at radius 1 is 1.07 bits per heavy atom. The van der Waals surface area contributed by atoms with Crippen LogP contribution in [0.1, 0.15) is 45.1 Å². The molecule has 0 radical (unpaired) electrons. The second-order valence-electron chi connectivity index (χ2n) is 9.97. The van der Waals surface area contributed by atoms with Crippen molar-refractivity contribution in [3.05, 3.63) is 49.2 Å². The van der Waals surface area contributed by atoms with Crippen molar-refractivity contribution in [2.45, 2.75) is 62.5 Å². The zero-order valence-corrected chi connectivity index (χ0v) is 22.0. The van der Waals surface area contributed by atoms with Crippen molar-refractivity contribution in [1.29, 1.82) is 0 Å². The van der Waals surface area contributed by atoms with E-state index < -0.39 is 27.9 Å². The van der Waals surface area contributed by atoms with Gasteiger partial charge in [-0.15, -0.1) is 0 Å². The van der Waals surface area contributed by atoms with Crippen molar-refractivity contribution < 1.29 is 22.3 Å². The highest BCUT2D eigenvalue weighted by molar-refractivity contribution is 7.90. The molecule has 4 aromatic heterocycles. The summed E-state index contributed by atoms with van der Waals surface area (Å²) in [5.74, 6) is 1.11. The van der Waals surface area contributed by atoms with E-state index in [4.69, 9.17) is 0 Å². The fourth-order valence-electron chi connectivity index (χ4n) is 4.73. The number of pyridine rings is 1. The maximum absolute atomic E-state index is 13.2. The summed E-state index contributed by atoms with van der Waals surface area (Å²) in [5, 5.41) is 24.3. The minimum Gasteiger partial charge on any atom is -0.393 e. The Morgan fingerprint density at radius 2 is 1.93 bits per heavy atom. The van der Waals surface area contributed by atoms with Crippen LogP contribution in [0.25, 0.3) is 22.6 Å². The third-order valence-corrected chi connectivity index (χ3v) is 8.97. The Kier molecular flexibility index (Phi) is 6.92. The average molecular weight is 572 g/mol. The minimum atomic E-state index is -3.51. The van der Waals surface area contributed by atoms with Gasteiger partial charge in [-0.05, 0) is 50.7 Å². The average Bonchev–Trinajstić information content (AvgIpc) is 3.47. The van der Waals surface area contributed by atoms with Crippen molar-refractivity contribution in [2.75, 3.05) is 10.6 Å². The molecule has 2 aliphatic carbocycles. The number of hydrogen-bond acceptors (Lipinski definition) is 10. The van der Waals surface area contributed by atoms with E-state index in [1.807, 2.05) is 0 Å². The highest BCUT2D eigenvalue weighted by Gasteiger charge is 2.37. The Labute approximate surface area is 228 Å². The highest BCUT2D eigenvalue weighted by atomic mass is 32.2. The summed E-state index contributed by atoms with van der Waals surface area (Å²) >= 11 is 0. The lowest BCUT2D eigenvalue weighted by molar-refractivity contribution is 0.0568. The number of halogens is 2. The van der Waals surface area contributed by atoms with E-state index in [-0.39, 0.29) is 11.9 Å². The van der Waals surface area contributed by atoms with E-state index in [0.29, 0.717) is 58.1 Å². The first kappa shape index (κ1) is 26.3. The zero-order chi connectivity index (χ0) is 27.9. The van der Waals surface area contributed by atoms with Gasteiger partial charge >= 0.3 is 6.55 Å². The van der Waals surface area contributed by atoms with Gasteiger partial charge in [0, 0.05) is 41.9 Å². The van der Waals surface area contributed by atoms with E-state index in [1.165, 1.54) is 37.1 Å². The molecule has 0 aliphatic heterocycles. The van der Waals surface area contributed by atoms with E-state index in [0.717, 1.165) is 23.3 Å². The van der Waals surface area contributed by atoms with Crippen LogP contribution in [0.3, 0.4) is 0 Å². The Morgan fingerprint density at radius 3 is 2.67 bits per heavy atom. The van der Waals surface area contributed by atoms with Crippen molar-refractivity contribution >= 4 is 27.3 Å². The van der Waals surface area contributed by atoms with Crippen LogP contribution < -0.4 is 10.6 Å². The van der Waals surface area contributed by atoms with Crippen LogP contribution >= 0.6 is 0 Å². The van der Waals surface area contributed by atoms with Gasteiger partial charge < -0.3 is 15.7 Å². The van der Waals surface area contributed by atoms with Gasteiger partial charge in [0.1, 0.15) is 11.6 Å². The molecule has 4 heterocycles. The molecule has 0 unspecified atom stereocenters. The second kappa shape index (κ2) is 10.5. The maximum atomic E-state index is 13.2. The van der Waals surface area contributed by atoms with Gasteiger partial charge in [-0.2, -0.15) is 23.1 Å². The summed E-state index contributed by atoms with van der Waals surface area (Å²) in [5.41, 5.74) is 1.94. The number of aliphatic hydroxyl groups is 1. The Bertz CT molecular complexity index is 1620. The molecular weight excluding hydrogens is 544 g/mol. The number of aromatic nitrogens is 7. The van der Waals surface area contributed by atoms with Gasteiger partial charge in [0.15, 0.2) is 5.82 Å². The van der Waals surface area contributed by atoms with Crippen LogP contribution in [-0.2, 0) is 10.0 Å². The lowest BCUT2D eigenvalue weighted by Crippen LogP contribution is -2.30. The number of anilines is 3. The molecule has 15 heteroatoms. The lowest BCUT2D eigenvalue weighted by atomic mass is 9.92.